The van der Waals surface area contributed by atoms with E-state index >= 15 is 0 Å². The fourth-order valence-corrected chi connectivity index (χ4v) is 4.72. The summed E-state index contributed by atoms with van der Waals surface area (Å²) in [6.45, 7) is 3.53. The molecule has 12 heteroatoms. The molecule has 3 aromatic rings. The van der Waals surface area contributed by atoms with E-state index in [0.717, 1.165) is 36.6 Å². The summed E-state index contributed by atoms with van der Waals surface area (Å²) < 4.78 is 16.8. The second-order valence-corrected chi connectivity index (χ2v) is 8.94. The molecule has 1 atom stereocenters. The molecular weight excluding hydrogens is 480 g/mol. The quantitative estimate of drug-likeness (QED) is 0.417. The van der Waals surface area contributed by atoms with Crippen LogP contribution in [0.4, 0.5) is 11.9 Å². The van der Waals surface area contributed by atoms with E-state index in [1.807, 2.05) is 35.6 Å². The largest absolute Gasteiger partial charge is 0.492 e. The topological polar surface area (TPSA) is 133 Å². The van der Waals surface area contributed by atoms with Crippen molar-refractivity contribution in [2.75, 3.05) is 44.4 Å². The van der Waals surface area contributed by atoms with Gasteiger partial charge in [-0.25, -0.2) is 4.79 Å². The number of allylic oxidation sites excluding steroid dienone is 1. The molecule has 0 spiro atoms. The highest BCUT2D eigenvalue weighted by Gasteiger charge is 2.27. The first kappa shape index (κ1) is 23.7. The number of methoxy groups -OCH3 is 1. The summed E-state index contributed by atoms with van der Waals surface area (Å²) in [7, 11) is 1.50. The van der Waals surface area contributed by atoms with Crippen molar-refractivity contribution >= 4 is 29.4 Å². The van der Waals surface area contributed by atoms with Gasteiger partial charge >= 0.3 is 0 Å². The van der Waals surface area contributed by atoms with Crippen LogP contribution in [-0.4, -0.2) is 74.6 Å². The lowest BCUT2D eigenvalue weighted by Gasteiger charge is -2.23. The molecule has 2 aromatic heterocycles. The highest BCUT2D eigenvalue weighted by molar-refractivity contribution is 7.03. The van der Waals surface area contributed by atoms with Crippen molar-refractivity contribution in [3.63, 3.8) is 0 Å². The number of anilines is 2. The van der Waals surface area contributed by atoms with Gasteiger partial charge < -0.3 is 20.5 Å². The number of aromatic nitrogens is 5. The Balaban J connectivity index is 1.28. The number of hydrogen-bond donors (Lipinski definition) is 2. The second-order valence-electron chi connectivity index (χ2n) is 8.33. The van der Waals surface area contributed by atoms with Gasteiger partial charge in [-0.05, 0) is 55.7 Å². The molecule has 0 amide bonds. The Morgan fingerprint density at radius 1 is 1.25 bits per heavy atom. The van der Waals surface area contributed by atoms with E-state index in [1.54, 1.807) is 12.2 Å². The standard InChI is InChI=1S/C24H26N8O3S/c1-34-22-18(14-33)19(8-9-21(22)35-13-12-31-10-2-3-11-31)26-24-27-23(25)32(29-24)17-6-4-16(5-7-17)20-15-36-30-28-20/h4-9,15,19H,2-3,10-13H2,1H3,(H3,25,26,27,29). The Hall–Kier alpha value is -3.99. The summed E-state index contributed by atoms with van der Waals surface area (Å²) in [4.78, 5) is 18.6. The Kier molecular flexibility index (Phi) is 7.08. The maximum Gasteiger partial charge on any atom is 0.245 e. The van der Waals surface area contributed by atoms with Gasteiger partial charge in [-0.15, -0.1) is 10.2 Å². The van der Waals surface area contributed by atoms with Gasteiger partial charge in [0, 0.05) is 17.5 Å². The summed E-state index contributed by atoms with van der Waals surface area (Å²) in [5, 5.41) is 13.6. The first-order chi connectivity index (χ1) is 17.7. The minimum Gasteiger partial charge on any atom is -0.492 e. The summed E-state index contributed by atoms with van der Waals surface area (Å²) in [5.74, 6) is 3.29. The van der Waals surface area contributed by atoms with E-state index in [4.69, 9.17) is 15.2 Å². The molecule has 1 aliphatic carbocycles. The Bertz CT molecular complexity index is 1300. The van der Waals surface area contributed by atoms with E-state index in [1.165, 1.54) is 36.2 Å². The van der Waals surface area contributed by atoms with Crippen LogP contribution < -0.4 is 11.1 Å². The summed E-state index contributed by atoms with van der Waals surface area (Å²) in [5.41, 5.74) is 8.88. The Labute approximate surface area is 212 Å². The Morgan fingerprint density at radius 2 is 2.06 bits per heavy atom. The molecule has 1 fully saturated rings. The lowest BCUT2D eigenvalue weighted by Crippen LogP contribution is -2.27. The maximum absolute atomic E-state index is 11.9. The van der Waals surface area contributed by atoms with E-state index in [-0.39, 0.29) is 17.5 Å². The van der Waals surface area contributed by atoms with E-state index < -0.39 is 6.04 Å². The van der Waals surface area contributed by atoms with Crippen LogP contribution in [0.3, 0.4) is 0 Å². The lowest BCUT2D eigenvalue weighted by molar-refractivity contribution is 0.160. The van der Waals surface area contributed by atoms with Crippen LogP contribution in [0.1, 0.15) is 12.8 Å². The molecule has 5 rings (SSSR count). The number of nitrogen functional groups attached to an aromatic ring is 1. The molecule has 1 aliphatic heterocycles. The van der Waals surface area contributed by atoms with Crippen molar-refractivity contribution in [1.29, 1.82) is 0 Å². The molecule has 0 bridgehead atoms. The monoisotopic (exact) mass is 506 g/mol. The minimum atomic E-state index is -0.557. The number of ether oxygens (including phenoxy) is 2. The zero-order valence-electron chi connectivity index (χ0n) is 19.8. The number of likely N-dealkylation sites (tertiary alicyclic amines) is 1. The molecule has 3 N–H and O–H groups in total. The predicted molar refractivity (Wildman–Crippen MR) is 136 cm³/mol. The van der Waals surface area contributed by atoms with Crippen molar-refractivity contribution in [3.05, 3.63) is 58.9 Å². The minimum absolute atomic E-state index is 0.199. The maximum atomic E-state index is 11.9. The number of carbonyl (C=O) groups excluding carboxylic acids is 1. The summed E-state index contributed by atoms with van der Waals surface area (Å²) >= 11 is 1.30. The number of hydrogen-bond acceptors (Lipinski definition) is 11. The first-order valence-electron chi connectivity index (χ1n) is 11.6. The smallest absolute Gasteiger partial charge is 0.245 e. The fraction of sp³-hybridized carbons (Fsp3) is 0.333. The van der Waals surface area contributed by atoms with E-state index in [0.29, 0.717) is 18.1 Å². The SMILES string of the molecule is COC1=C(OCCN2CCCC2)C=CC(Nc2nc(N)n(-c3ccc(-c4csnn4)cc3)n2)C1=C=O. The van der Waals surface area contributed by atoms with Crippen molar-refractivity contribution in [3.8, 4) is 16.9 Å². The molecule has 1 unspecified atom stereocenters. The van der Waals surface area contributed by atoms with Gasteiger partial charge in [0.25, 0.3) is 0 Å². The zero-order chi connectivity index (χ0) is 24.9. The van der Waals surface area contributed by atoms with Crippen LogP contribution in [0.25, 0.3) is 16.9 Å². The van der Waals surface area contributed by atoms with Gasteiger partial charge in [-0.2, -0.15) is 9.67 Å². The number of nitrogens with one attached hydrogen (secondary N) is 1. The van der Waals surface area contributed by atoms with Crippen LogP contribution in [0.5, 0.6) is 0 Å². The number of benzene rings is 1. The molecule has 0 radical (unpaired) electrons. The molecule has 1 aromatic carbocycles. The second kappa shape index (κ2) is 10.7. The molecule has 1 saturated heterocycles. The first-order valence-corrected chi connectivity index (χ1v) is 12.4. The lowest BCUT2D eigenvalue weighted by atomic mass is 10.0. The zero-order valence-corrected chi connectivity index (χ0v) is 20.6. The van der Waals surface area contributed by atoms with Gasteiger partial charge in [0.1, 0.15) is 23.8 Å². The molecule has 186 valence electrons. The van der Waals surface area contributed by atoms with E-state index in [9.17, 15) is 4.79 Å². The van der Waals surface area contributed by atoms with Crippen LogP contribution in [0, 0.1) is 0 Å². The highest BCUT2D eigenvalue weighted by Crippen LogP contribution is 2.27. The van der Waals surface area contributed by atoms with Gasteiger partial charge in [-0.1, -0.05) is 22.7 Å². The number of nitrogens with zero attached hydrogens (tertiary/aromatic N) is 6. The van der Waals surface area contributed by atoms with Gasteiger partial charge in [0.15, 0.2) is 11.5 Å². The van der Waals surface area contributed by atoms with E-state index in [2.05, 4.69) is 29.9 Å². The molecular formula is C24H26N8O3S. The van der Waals surface area contributed by atoms with Crippen LogP contribution in [0.2, 0.25) is 0 Å². The average Bonchev–Trinajstić information content (AvgIpc) is 3.67. The van der Waals surface area contributed by atoms with Crippen LogP contribution in [0.15, 0.2) is 58.9 Å². The van der Waals surface area contributed by atoms with Gasteiger partial charge in [-0.3, -0.25) is 4.90 Å². The summed E-state index contributed by atoms with van der Waals surface area (Å²) in [6.07, 6.45) is 6.03. The number of nitrogens with two attached hydrogens (primary N) is 1. The predicted octanol–water partition coefficient (Wildman–Crippen LogP) is 2.45. The van der Waals surface area contributed by atoms with Crippen LogP contribution >= 0.6 is 11.5 Å². The van der Waals surface area contributed by atoms with Crippen molar-refractivity contribution in [1.82, 2.24) is 29.3 Å². The van der Waals surface area contributed by atoms with Crippen molar-refractivity contribution in [2.45, 2.75) is 18.9 Å². The third-order valence-corrected chi connectivity index (χ3v) is 6.59. The third kappa shape index (κ3) is 5.01. The fourth-order valence-electron chi connectivity index (χ4n) is 4.25. The molecule has 3 heterocycles. The van der Waals surface area contributed by atoms with Crippen LogP contribution in [-0.2, 0) is 14.3 Å². The van der Waals surface area contributed by atoms with Crippen molar-refractivity contribution in [2.24, 2.45) is 0 Å². The third-order valence-electron chi connectivity index (χ3n) is 6.08. The van der Waals surface area contributed by atoms with Gasteiger partial charge in [0.05, 0.1) is 18.8 Å². The molecule has 0 saturated carbocycles. The number of rotatable bonds is 9. The average molecular weight is 507 g/mol. The summed E-state index contributed by atoms with van der Waals surface area (Å²) in [6, 6.07) is 7.02. The van der Waals surface area contributed by atoms with Gasteiger partial charge in [0.2, 0.25) is 11.9 Å². The van der Waals surface area contributed by atoms with Crippen molar-refractivity contribution < 1.29 is 14.3 Å². The normalized spacial score (nSPS) is 17.9. The highest BCUT2D eigenvalue weighted by atomic mass is 32.1. The molecule has 2 aliphatic rings. The Morgan fingerprint density at radius 3 is 2.75 bits per heavy atom. The molecule has 36 heavy (non-hydrogen) atoms. The molecule has 11 nitrogen and oxygen atoms in total.